The van der Waals surface area contributed by atoms with Crippen molar-refractivity contribution in [1.82, 2.24) is 10.2 Å². The fourth-order valence-electron chi connectivity index (χ4n) is 4.61. The number of hydrogen-bond donors (Lipinski definition) is 1. The lowest BCUT2D eigenvalue weighted by molar-refractivity contribution is -0.140. The molecular formula is C32H40ClN3O4S. The summed E-state index contributed by atoms with van der Waals surface area (Å²) in [5, 5.41) is 3.39. The molecule has 0 spiro atoms. The molecule has 220 valence electrons. The number of sulfonamides is 1. The molecule has 1 N–H and O–H groups in total. The minimum atomic E-state index is -4.13. The van der Waals surface area contributed by atoms with Crippen LogP contribution in [-0.4, -0.2) is 44.3 Å². The number of amides is 2. The van der Waals surface area contributed by atoms with Crippen molar-refractivity contribution in [2.75, 3.05) is 17.4 Å². The van der Waals surface area contributed by atoms with E-state index in [0.29, 0.717) is 29.2 Å². The fourth-order valence-corrected chi connectivity index (χ4v) is 6.21. The van der Waals surface area contributed by atoms with E-state index in [-0.39, 0.29) is 23.3 Å². The molecule has 0 heterocycles. The van der Waals surface area contributed by atoms with Crippen molar-refractivity contribution in [3.8, 4) is 0 Å². The molecule has 2 amide bonds. The molecule has 9 heteroatoms. The van der Waals surface area contributed by atoms with E-state index in [9.17, 15) is 18.0 Å². The first-order chi connectivity index (χ1) is 19.3. The Morgan fingerprint density at radius 2 is 1.51 bits per heavy atom. The summed E-state index contributed by atoms with van der Waals surface area (Å²) in [6.45, 7) is 11.5. The normalized spacial score (nSPS) is 12.2. The number of nitrogens with zero attached hydrogens (tertiary/aromatic N) is 2. The summed E-state index contributed by atoms with van der Waals surface area (Å²) in [5.74, 6) is -0.573. The van der Waals surface area contributed by atoms with Crippen LogP contribution in [-0.2, 0) is 26.2 Å². The second-order valence-corrected chi connectivity index (χ2v) is 13.1. The standard InChI is InChI=1S/C32H40ClN3O4S/c1-7-30(32(38)34-19-22(2)3)35(20-26-10-8-9-11-29(26)33)31(37)21-36(27-17-24(5)16-25(6)18-27)41(39,40)28-14-12-23(4)13-15-28/h8-18,22,30H,7,19-21H2,1-6H3,(H,34,38). The Hall–Kier alpha value is -3.36. The number of halogens is 1. The average Bonchev–Trinajstić information content (AvgIpc) is 2.90. The van der Waals surface area contributed by atoms with Crippen LogP contribution in [0.3, 0.4) is 0 Å². The molecule has 0 aromatic heterocycles. The van der Waals surface area contributed by atoms with E-state index in [1.807, 2.05) is 53.7 Å². The second kappa shape index (κ2) is 14.0. The van der Waals surface area contributed by atoms with Crippen LogP contribution in [0.5, 0.6) is 0 Å². The lowest BCUT2D eigenvalue weighted by Crippen LogP contribution is -2.52. The Morgan fingerprint density at radius 1 is 0.902 bits per heavy atom. The highest BCUT2D eigenvalue weighted by molar-refractivity contribution is 7.92. The summed E-state index contributed by atoms with van der Waals surface area (Å²) in [6, 6.07) is 18.3. The largest absolute Gasteiger partial charge is 0.354 e. The monoisotopic (exact) mass is 597 g/mol. The highest BCUT2D eigenvalue weighted by atomic mass is 35.5. The summed E-state index contributed by atoms with van der Waals surface area (Å²) in [7, 11) is -4.13. The van der Waals surface area contributed by atoms with Crippen LogP contribution in [0.4, 0.5) is 5.69 Å². The molecule has 0 saturated heterocycles. The molecule has 0 saturated carbocycles. The van der Waals surface area contributed by atoms with Gasteiger partial charge in [0, 0.05) is 18.1 Å². The van der Waals surface area contributed by atoms with E-state index in [4.69, 9.17) is 11.6 Å². The number of anilines is 1. The van der Waals surface area contributed by atoms with Crippen molar-refractivity contribution in [2.45, 2.75) is 65.4 Å². The maximum absolute atomic E-state index is 14.2. The zero-order valence-electron chi connectivity index (χ0n) is 24.6. The number of hydrogen-bond acceptors (Lipinski definition) is 4. The Bertz CT molecular complexity index is 1450. The Kier molecular flexibility index (Phi) is 11.0. The third-order valence-electron chi connectivity index (χ3n) is 6.75. The van der Waals surface area contributed by atoms with Crippen LogP contribution in [0.15, 0.2) is 71.6 Å². The number of carbonyl (C=O) groups excluding carboxylic acids is 2. The van der Waals surface area contributed by atoms with Crippen LogP contribution in [0.1, 0.15) is 49.4 Å². The lowest BCUT2D eigenvalue weighted by atomic mass is 10.1. The fraction of sp³-hybridized carbons (Fsp3) is 0.375. The molecule has 3 aromatic carbocycles. The summed E-state index contributed by atoms with van der Waals surface area (Å²) >= 11 is 6.46. The average molecular weight is 598 g/mol. The third kappa shape index (κ3) is 8.33. The predicted octanol–water partition coefficient (Wildman–Crippen LogP) is 6.04. The van der Waals surface area contributed by atoms with Crippen LogP contribution < -0.4 is 9.62 Å². The van der Waals surface area contributed by atoms with Gasteiger partial charge in [-0.25, -0.2) is 8.42 Å². The van der Waals surface area contributed by atoms with Gasteiger partial charge < -0.3 is 10.2 Å². The molecule has 3 aromatic rings. The van der Waals surface area contributed by atoms with Gasteiger partial charge in [0.25, 0.3) is 10.0 Å². The third-order valence-corrected chi connectivity index (χ3v) is 8.91. The molecule has 0 radical (unpaired) electrons. The molecule has 0 bridgehead atoms. The minimum Gasteiger partial charge on any atom is -0.354 e. The molecule has 3 rings (SSSR count). The summed E-state index contributed by atoms with van der Waals surface area (Å²) in [5.41, 5.74) is 3.69. The SMILES string of the molecule is CCC(C(=O)NCC(C)C)N(Cc1ccccc1Cl)C(=O)CN(c1cc(C)cc(C)c1)S(=O)(=O)c1ccc(C)cc1. The quantitative estimate of drug-likeness (QED) is 0.276. The zero-order valence-corrected chi connectivity index (χ0v) is 26.2. The van der Waals surface area contributed by atoms with E-state index in [0.717, 1.165) is 21.0 Å². The summed E-state index contributed by atoms with van der Waals surface area (Å²) < 4.78 is 29.2. The number of rotatable bonds is 12. The molecule has 0 aliphatic rings. The number of nitrogens with one attached hydrogen (secondary N) is 1. The van der Waals surface area contributed by atoms with Crippen LogP contribution >= 0.6 is 11.6 Å². The number of aryl methyl sites for hydroxylation is 3. The Balaban J connectivity index is 2.09. The molecule has 1 unspecified atom stereocenters. The highest BCUT2D eigenvalue weighted by Crippen LogP contribution is 2.27. The summed E-state index contributed by atoms with van der Waals surface area (Å²) in [4.78, 5) is 29.0. The minimum absolute atomic E-state index is 0.0530. The van der Waals surface area contributed by atoms with Gasteiger partial charge in [0.05, 0.1) is 10.6 Å². The van der Waals surface area contributed by atoms with Crippen molar-refractivity contribution >= 4 is 39.1 Å². The van der Waals surface area contributed by atoms with Crippen molar-refractivity contribution in [3.05, 3.63) is 94.0 Å². The van der Waals surface area contributed by atoms with Crippen molar-refractivity contribution < 1.29 is 18.0 Å². The molecule has 0 fully saturated rings. The first-order valence-electron chi connectivity index (χ1n) is 13.8. The highest BCUT2D eigenvalue weighted by Gasteiger charge is 2.34. The van der Waals surface area contributed by atoms with Gasteiger partial charge in [0.15, 0.2) is 0 Å². The molecule has 0 aliphatic carbocycles. The molecule has 41 heavy (non-hydrogen) atoms. The molecular weight excluding hydrogens is 558 g/mol. The molecule has 1 atom stereocenters. The van der Waals surface area contributed by atoms with E-state index in [2.05, 4.69) is 5.32 Å². The molecule has 7 nitrogen and oxygen atoms in total. The predicted molar refractivity (Wildman–Crippen MR) is 166 cm³/mol. The van der Waals surface area contributed by atoms with Gasteiger partial charge in [0.2, 0.25) is 11.8 Å². The van der Waals surface area contributed by atoms with Gasteiger partial charge >= 0.3 is 0 Å². The molecule has 0 aliphatic heterocycles. The van der Waals surface area contributed by atoms with Crippen molar-refractivity contribution in [1.29, 1.82) is 0 Å². The lowest BCUT2D eigenvalue weighted by Gasteiger charge is -2.33. The van der Waals surface area contributed by atoms with Gasteiger partial charge in [-0.3, -0.25) is 13.9 Å². The van der Waals surface area contributed by atoms with E-state index in [1.165, 1.54) is 4.90 Å². The first kappa shape index (κ1) is 32.2. The Labute approximate surface area is 249 Å². The van der Waals surface area contributed by atoms with Gasteiger partial charge in [-0.2, -0.15) is 0 Å². The van der Waals surface area contributed by atoms with E-state index >= 15 is 0 Å². The van der Waals surface area contributed by atoms with E-state index in [1.54, 1.807) is 54.6 Å². The second-order valence-electron chi connectivity index (χ2n) is 10.8. The van der Waals surface area contributed by atoms with E-state index < -0.39 is 28.5 Å². The van der Waals surface area contributed by atoms with Gasteiger partial charge in [0.1, 0.15) is 12.6 Å². The van der Waals surface area contributed by atoms with Crippen molar-refractivity contribution in [2.24, 2.45) is 5.92 Å². The maximum atomic E-state index is 14.2. The summed E-state index contributed by atoms with van der Waals surface area (Å²) in [6.07, 6.45) is 0.342. The van der Waals surface area contributed by atoms with Gasteiger partial charge in [-0.15, -0.1) is 0 Å². The zero-order chi connectivity index (χ0) is 30.3. The van der Waals surface area contributed by atoms with Gasteiger partial charge in [-0.05, 0) is 80.1 Å². The number of benzene rings is 3. The van der Waals surface area contributed by atoms with Crippen LogP contribution in [0, 0.1) is 26.7 Å². The Morgan fingerprint density at radius 3 is 2.07 bits per heavy atom. The maximum Gasteiger partial charge on any atom is 0.264 e. The topological polar surface area (TPSA) is 86.8 Å². The van der Waals surface area contributed by atoms with Crippen LogP contribution in [0.2, 0.25) is 5.02 Å². The number of carbonyl (C=O) groups is 2. The van der Waals surface area contributed by atoms with Crippen LogP contribution in [0.25, 0.3) is 0 Å². The smallest absolute Gasteiger partial charge is 0.264 e. The first-order valence-corrected chi connectivity index (χ1v) is 15.6. The van der Waals surface area contributed by atoms with Gasteiger partial charge in [-0.1, -0.05) is 74.3 Å². The van der Waals surface area contributed by atoms with Crippen molar-refractivity contribution in [3.63, 3.8) is 0 Å².